The van der Waals surface area contributed by atoms with Gasteiger partial charge in [-0.05, 0) is 107 Å². The highest BCUT2D eigenvalue weighted by molar-refractivity contribution is 7.90. The maximum atomic E-state index is 13.4. The first-order valence-corrected chi connectivity index (χ1v) is 16.4. The molecule has 0 aliphatic carbocycles. The van der Waals surface area contributed by atoms with Gasteiger partial charge in [-0.3, -0.25) is 0 Å². The molecule has 0 atom stereocenters. The van der Waals surface area contributed by atoms with Gasteiger partial charge in [0.2, 0.25) is 0 Å². The number of carboxylic acid groups (broad SMARTS) is 1. The van der Waals surface area contributed by atoms with Gasteiger partial charge in [0.25, 0.3) is 0 Å². The monoisotopic (exact) mass is 678 g/mol. The van der Waals surface area contributed by atoms with Crippen LogP contribution in [-0.4, -0.2) is 19.5 Å². The van der Waals surface area contributed by atoms with Crippen LogP contribution in [0.25, 0.3) is 11.1 Å². The highest BCUT2D eigenvalue weighted by Gasteiger charge is 2.30. The van der Waals surface area contributed by atoms with Crippen LogP contribution >= 0.6 is 0 Å². The van der Waals surface area contributed by atoms with Crippen LogP contribution < -0.4 is 9.47 Å². The van der Waals surface area contributed by atoms with Crippen LogP contribution in [0.5, 0.6) is 17.2 Å². The molecule has 5 aromatic carbocycles. The number of sulfone groups is 1. The van der Waals surface area contributed by atoms with Crippen molar-refractivity contribution in [3.63, 3.8) is 0 Å². The van der Waals surface area contributed by atoms with E-state index >= 15 is 0 Å². The molecule has 248 valence electrons. The lowest BCUT2D eigenvalue weighted by Gasteiger charge is -2.18. The van der Waals surface area contributed by atoms with E-state index in [0.717, 1.165) is 17.7 Å². The number of carbonyl (C=O) groups is 1. The molecule has 5 aromatic rings. The molecule has 0 bridgehead atoms. The van der Waals surface area contributed by atoms with Gasteiger partial charge >= 0.3 is 12.1 Å². The van der Waals surface area contributed by atoms with Gasteiger partial charge in [-0.1, -0.05) is 50.2 Å². The Morgan fingerprint density at radius 1 is 0.812 bits per heavy atom. The minimum absolute atomic E-state index is 0.00907. The molecule has 0 unspecified atom stereocenters. The fraction of sp³-hybridized carbons (Fsp3) is 0.162. The first kappa shape index (κ1) is 34.2. The number of hydrogen-bond acceptors (Lipinski definition) is 5. The second kappa shape index (κ2) is 13.9. The number of aromatic carboxylic acids is 1. The smallest absolute Gasteiger partial charge is 0.416 e. The van der Waals surface area contributed by atoms with Crippen LogP contribution in [0.1, 0.15) is 52.4 Å². The lowest BCUT2D eigenvalue weighted by Crippen LogP contribution is -2.12. The number of hydrogen-bond donors (Lipinski definition) is 1. The Morgan fingerprint density at radius 3 is 2.02 bits per heavy atom. The Hall–Kier alpha value is -5.16. The first-order chi connectivity index (χ1) is 22.7. The Kier molecular flexibility index (Phi) is 9.90. The molecule has 0 aromatic heterocycles. The van der Waals surface area contributed by atoms with Crippen molar-refractivity contribution in [3.05, 3.63) is 143 Å². The Balaban J connectivity index is 1.36. The second-order valence-corrected chi connectivity index (χ2v) is 13.3. The normalized spacial score (nSPS) is 11.8. The summed E-state index contributed by atoms with van der Waals surface area (Å²) in [4.78, 5) is 12.4. The molecule has 1 N–H and O–H groups in total. The van der Waals surface area contributed by atoms with E-state index < -0.39 is 39.1 Å². The lowest BCUT2D eigenvalue weighted by atomic mass is 9.88. The molecule has 0 radical (unpaired) electrons. The summed E-state index contributed by atoms with van der Waals surface area (Å²) in [6.07, 6.45) is -4.49. The molecule has 0 saturated carbocycles. The van der Waals surface area contributed by atoms with Gasteiger partial charge in [-0.15, -0.1) is 0 Å². The highest BCUT2D eigenvalue weighted by Crippen LogP contribution is 2.35. The zero-order chi connectivity index (χ0) is 34.6. The van der Waals surface area contributed by atoms with Gasteiger partial charge in [0, 0.05) is 0 Å². The van der Waals surface area contributed by atoms with E-state index in [1.165, 1.54) is 66.7 Å². The largest absolute Gasteiger partial charge is 0.489 e. The molecular formula is C37H30F4O6S. The van der Waals surface area contributed by atoms with Crippen LogP contribution in [0, 0.1) is 5.82 Å². The summed E-state index contributed by atoms with van der Waals surface area (Å²) in [5.74, 6) is -1.58. The van der Waals surface area contributed by atoms with Crippen molar-refractivity contribution in [2.75, 3.05) is 0 Å². The molecule has 11 heteroatoms. The third kappa shape index (κ3) is 8.21. The summed E-state index contributed by atoms with van der Waals surface area (Å²) in [7, 11) is -3.98. The van der Waals surface area contributed by atoms with Crippen molar-refractivity contribution in [2.45, 2.75) is 43.2 Å². The molecule has 6 nitrogen and oxygen atoms in total. The standard InChI is InChI=1S/C37H30F4O6S/c1-23(2)33-18-26(22-48(44,45)32-16-14-30(15-17-32)47-29-12-10-28(38)11-13-29)35(36(42)43)20-34(33)25-8-6-24(7-9-25)21-46-31-5-3-4-27(19-31)37(39,40)41/h3-20,23H,21-22H2,1-2H3,(H,42,43). The minimum atomic E-state index is -4.49. The van der Waals surface area contributed by atoms with E-state index in [-0.39, 0.29) is 34.3 Å². The van der Waals surface area contributed by atoms with E-state index in [1.54, 1.807) is 30.3 Å². The Morgan fingerprint density at radius 2 is 1.44 bits per heavy atom. The number of halogens is 4. The van der Waals surface area contributed by atoms with E-state index in [4.69, 9.17) is 9.47 Å². The van der Waals surface area contributed by atoms with E-state index in [9.17, 15) is 35.9 Å². The molecule has 0 saturated heterocycles. The molecule has 0 aliphatic heterocycles. The van der Waals surface area contributed by atoms with Crippen molar-refractivity contribution in [1.29, 1.82) is 0 Å². The van der Waals surface area contributed by atoms with Crippen molar-refractivity contribution in [2.24, 2.45) is 0 Å². The number of carboxylic acids is 1. The molecule has 0 spiro atoms. The van der Waals surface area contributed by atoms with Gasteiger partial charge in [0.1, 0.15) is 29.7 Å². The lowest BCUT2D eigenvalue weighted by molar-refractivity contribution is -0.137. The Bertz CT molecular complexity index is 2020. The molecule has 0 heterocycles. The maximum Gasteiger partial charge on any atom is 0.416 e. The van der Waals surface area contributed by atoms with Crippen LogP contribution in [0.2, 0.25) is 0 Å². The van der Waals surface area contributed by atoms with Gasteiger partial charge in [0.05, 0.1) is 21.8 Å². The van der Waals surface area contributed by atoms with Gasteiger partial charge in [0.15, 0.2) is 9.84 Å². The predicted molar refractivity (Wildman–Crippen MR) is 173 cm³/mol. The van der Waals surface area contributed by atoms with E-state index in [0.29, 0.717) is 28.2 Å². The average molecular weight is 679 g/mol. The number of benzene rings is 5. The molecule has 0 fully saturated rings. The Labute approximate surface area is 275 Å². The fourth-order valence-corrected chi connectivity index (χ4v) is 6.43. The fourth-order valence-electron chi connectivity index (χ4n) is 5.06. The molecule has 48 heavy (non-hydrogen) atoms. The van der Waals surface area contributed by atoms with Crippen LogP contribution in [-0.2, 0) is 28.4 Å². The summed E-state index contributed by atoms with van der Waals surface area (Å²) < 4.78 is 90.4. The van der Waals surface area contributed by atoms with Crippen LogP contribution in [0.15, 0.2) is 114 Å². The summed E-state index contributed by atoms with van der Waals surface area (Å²) in [6, 6.07) is 25.7. The highest BCUT2D eigenvalue weighted by atomic mass is 32.2. The maximum absolute atomic E-state index is 13.4. The van der Waals surface area contributed by atoms with E-state index in [2.05, 4.69) is 0 Å². The zero-order valence-corrected chi connectivity index (χ0v) is 26.6. The van der Waals surface area contributed by atoms with Crippen molar-refractivity contribution in [1.82, 2.24) is 0 Å². The van der Waals surface area contributed by atoms with Gasteiger partial charge in [-0.2, -0.15) is 13.2 Å². The van der Waals surface area contributed by atoms with Crippen LogP contribution in [0.4, 0.5) is 17.6 Å². The van der Waals surface area contributed by atoms with Crippen LogP contribution in [0.3, 0.4) is 0 Å². The third-order valence-corrected chi connectivity index (χ3v) is 9.22. The zero-order valence-electron chi connectivity index (χ0n) is 25.8. The first-order valence-electron chi connectivity index (χ1n) is 14.8. The number of rotatable bonds is 11. The molecule has 0 aliphatic rings. The van der Waals surface area contributed by atoms with Crippen molar-refractivity contribution < 1.29 is 45.4 Å². The number of ether oxygens (including phenoxy) is 2. The summed E-state index contributed by atoms with van der Waals surface area (Å²) >= 11 is 0. The molecule has 0 amide bonds. The number of alkyl halides is 3. The summed E-state index contributed by atoms with van der Waals surface area (Å²) in [5.41, 5.74) is 1.86. The SMILES string of the molecule is CC(C)c1cc(CS(=O)(=O)c2ccc(Oc3ccc(F)cc3)cc2)c(C(=O)O)cc1-c1ccc(COc2cccc(C(F)(F)F)c2)cc1. The van der Waals surface area contributed by atoms with Gasteiger partial charge < -0.3 is 14.6 Å². The summed E-state index contributed by atoms with van der Waals surface area (Å²) in [6.45, 7) is 3.83. The third-order valence-electron chi connectivity index (χ3n) is 7.54. The van der Waals surface area contributed by atoms with Crippen molar-refractivity contribution in [3.8, 4) is 28.4 Å². The van der Waals surface area contributed by atoms with E-state index in [1.807, 2.05) is 13.8 Å². The minimum Gasteiger partial charge on any atom is -0.489 e. The average Bonchev–Trinajstić information content (AvgIpc) is 3.04. The van der Waals surface area contributed by atoms with Gasteiger partial charge in [-0.25, -0.2) is 17.6 Å². The predicted octanol–water partition coefficient (Wildman–Crippen LogP) is 9.68. The molecule has 5 rings (SSSR count). The topological polar surface area (TPSA) is 89.9 Å². The second-order valence-electron chi connectivity index (χ2n) is 11.4. The quantitative estimate of drug-likeness (QED) is 0.140. The van der Waals surface area contributed by atoms with Crippen molar-refractivity contribution >= 4 is 15.8 Å². The molecular weight excluding hydrogens is 648 g/mol. The summed E-state index contributed by atoms with van der Waals surface area (Å²) in [5, 5.41) is 10.1.